The summed E-state index contributed by atoms with van der Waals surface area (Å²) in [5, 5.41) is 6.65. The van der Waals surface area contributed by atoms with Crippen LogP contribution in [0.1, 0.15) is 49.5 Å². The SMILES string of the molecule is CCC1(c2ccc(OCCC(C)C)cc2)NC(=O)c2ccccc2N1. The minimum Gasteiger partial charge on any atom is -0.494 e. The van der Waals surface area contributed by atoms with E-state index in [2.05, 4.69) is 31.4 Å². The van der Waals surface area contributed by atoms with Gasteiger partial charge in [-0.15, -0.1) is 0 Å². The van der Waals surface area contributed by atoms with Gasteiger partial charge in [-0.2, -0.15) is 0 Å². The van der Waals surface area contributed by atoms with Crippen LogP contribution in [0.25, 0.3) is 0 Å². The van der Waals surface area contributed by atoms with Crippen LogP contribution < -0.4 is 15.4 Å². The number of anilines is 1. The molecule has 132 valence electrons. The lowest BCUT2D eigenvalue weighted by Crippen LogP contribution is -2.54. The van der Waals surface area contributed by atoms with Gasteiger partial charge < -0.3 is 15.4 Å². The largest absolute Gasteiger partial charge is 0.494 e. The Morgan fingerprint density at radius 2 is 1.76 bits per heavy atom. The van der Waals surface area contributed by atoms with E-state index in [1.165, 1.54) is 0 Å². The Morgan fingerprint density at radius 3 is 2.44 bits per heavy atom. The summed E-state index contributed by atoms with van der Waals surface area (Å²) in [7, 11) is 0. The van der Waals surface area contributed by atoms with Crippen LogP contribution in [-0.2, 0) is 5.66 Å². The van der Waals surface area contributed by atoms with E-state index in [4.69, 9.17) is 4.74 Å². The van der Waals surface area contributed by atoms with E-state index in [-0.39, 0.29) is 5.91 Å². The molecule has 3 rings (SSSR count). The lowest BCUT2D eigenvalue weighted by molar-refractivity contribution is 0.0896. The van der Waals surface area contributed by atoms with Crippen LogP contribution in [0.5, 0.6) is 5.75 Å². The van der Waals surface area contributed by atoms with Crippen LogP contribution >= 0.6 is 0 Å². The van der Waals surface area contributed by atoms with E-state index in [1.54, 1.807) is 0 Å². The number of para-hydroxylation sites is 1. The summed E-state index contributed by atoms with van der Waals surface area (Å²) in [6.45, 7) is 7.16. The zero-order chi connectivity index (χ0) is 17.9. The zero-order valence-electron chi connectivity index (χ0n) is 15.1. The summed E-state index contributed by atoms with van der Waals surface area (Å²) in [5.41, 5.74) is 1.97. The molecule has 0 aliphatic carbocycles. The average Bonchev–Trinajstić information content (AvgIpc) is 2.62. The van der Waals surface area contributed by atoms with Crippen molar-refractivity contribution in [2.24, 2.45) is 5.92 Å². The van der Waals surface area contributed by atoms with E-state index < -0.39 is 5.66 Å². The quantitative estimate of drug-likeness (QED) is 0.813. The standard InChI is InChI=1S/C21H26N2O2/c1-4-21(22-19-8-6-5-7-18(19)20(24)23-21)16-9-11-17(12-10-16)25-14-13-15(2)3/h5-12,15,22H,4,13-14H2,1-3H3,(H,23,24). The van der Waals surface area contributed by atoms with Crippen molar-refractivity contribution in [2.45, 2.75) is 39.3 Å². The molecule has 2 N–H and O–H groups in total. The second kappa shape index (κ2) is 7.18. The maximum atomic E-state index is 12.5. The molecule has 0 aromatic heterocycles. The fourth-order valence-corrected chi connectivity index (χ4v) is 3.09. The lowest BCUT2D eigenvalue weighted by atomic mass is 9.92. The van der Waals surface area contributed by atoms with Crippen LogP contribution in [0, 0.1) is 5.92 Å². The Labute approximate surface area is 149 Å². The number of fused-ring (bicyclic) bond motifs is 1. The molecule has 1 amide bonds. The van der Waals surface area contributed by atoms with Gasteiger partial charge in [0.15, 0.2) is 0 Å². The maximum absolute atomic E-state index is 12.5. The van der Waals surface area contributed by atoms with E-state index >= 15 is 0 Å². The van der Waals surface area contributed by atoms with Gasteiger partial charge in [0.25, 0.3) is 5.91 Å². The van der Waals surface area contributed by atoms with Crippen molar-refractivity contribution in [3.8, 4) is 5.75 Å². The van der Waals surface area contributed by atoms with Gasteiger partial charge in [0.1, 0.15) is 11.4 Å². The third-order valence-electron chi connectivity index (χ3n) is 4.69. The van der Waals surface area contributed by atoms with Crippen molar-refractivity contribution in [3.05, 3.63) is 59.7 Å². The maximum Gasteiger partial charge on any atom is 0.255 e. The van der Waals surface area contributed by atoms with E-state index in [1.807, 2.05) is 48.5 Å². The van der Waals surface area contributed by atoms with Crippen molar-refractivity contribution < 1.29 is 9.53 Å². The molecule has 4 heteroatoms. The number of carbonyl (C=O) groups excluding carboxylic acids is 1. The molecule has 1 heterocycles. The Kier molecular flexibility index (Phi) is 4.98. The van der Waals surface area contributed by atoms with Gasteiger partial charge in [-0.3, -0.25) is 4.79 Å². The molecular weight excluding hydrogens is 312 g/mol. The number of amides is 1. The molecule has 2 aromatic carbocycles. The van der Waals surface area contributed by atoms with E-state index in [9.17, 15) is 4.79 Å². The van der Waals surface area contributed by atoms with Crippen molar-refractivity contribution in [1.29, 1.82) is 0 Å². The van der Waals surface area contributed by atoms with Crippen LogP contribution in [0.15, 0.2) is 48.5 Å². The number of nitrogens with one attached hydrogen (secondary N) is 2. The minimum absolute atomic E-state index is 0.0477. The topological polar surface area (TPSA) is 50.4 Å². The number of hydrogen-bond donors (Lipinski definition) is 2. The fourth-order valence-electron chi connectivity index (χ4n) is 3.09. The molecule has 1 aliphatic rings. The molecule has 2 aromatic rings. The highest BCUT2D eigenvalue weighted by atomic mass is 16.5. The Bertz CT molecular complexity index is 740. The molecule has 0 radical (unpaired) electrons. The molecule has 0 saturated carbocycles. The first-order valence-corrected chi connectivity index (χ1v) is 8.97. The van der Waals surface area contributed by atoms with Crippen LogP contribution in [0.4, 0.5) is 5.69 Å². The van der Waals surface area contributed by atoms with Gasteiger partial charge in [-0.1, -0.05) is 45.0 Å². The Morgan fingerprint density at radius 1 is 1.04 bits per heavy atom. The van der Waals surface area contributed by atoms with Crippen LogP contribution in [0.3, 0.4) is 0 Å². The number of rotatable bonds is 6. The van der Waals surface area contributed by atoms with Crippen molar-refractivity contribution in [3.63, 3.8) is 0 Å². The number of hydrogen-bond acceptors (Lipinski definition) is 3. The minimum atomic E-state index is -0.595. The van der Waals surface area contributed by atoms with Gasteiger partial charge >= 0.3 is 0 Å². The first kappa shape index (κ1) is 17.3. The van der Waals surface area contributed by atoms with Crippen molar-refractivity contribution >= 4 is 11.6 Å². The summed E-state index contributed by atoms with van der Waals surface area (Å²) in [6.07, 6.45) is 1.77. The molecule has 4 nitrogen and oxygen atoms in total. The summed E-state index contributed by atoms with van der Waals surface area (Å²) in [5.74, 6) is 1.44. The van der Waals surface area contributed by atoms with Crippen molar-refractivity contribution in [1.82, 2.24) is 5.32 Å². The molecule has 0 saturated heterocycles. The third kappa shape index (κ3) is 3.63. The van der Waals surface area contributed by atoms with E-state index in [0.717, 1.165) is 36.4 Å². The van der Waals surface area contributed by atoms with Gasteiger partial charge in [-0.05, 0) is 48.6 Å². The highest BCUT2D eigenvalue weighted by molar-refractivity contribution is 6.02. The van der Waals surface area contributed by atoms with Gasteiger partial charge in [0.05, 0.1) is 12.2 Å². The highest BCUT2D eigenvalue weighted by Gasteiger charge is 2.37. The molecule has 0 spiro atoms. The predicted octanol–water partition coefficient (Wildman–Crippen LogP) is 4.53. The smallest absolute Gasteiger partial charge is 0.255 e. The molecule has 0 fully saturated rings. The average molecular weight is 338 g/mol. The van der Waals surface area contributed by atoms with Gasteiger partial charge in [0.2, 0.25) is 0 Å². The van der Waals surface area contributed by atoms with E-state index in [0.29, 0.717) is 11.5 Å². The second-order valence-corrected chi connectivity index (χ2v) is 6.94. The molecule has 25 heavy (non-hydrogen) atoms. The summed E-state index contributed by atoms with van der Waals surface area (Å²) < 4.78 is 5.80. The summed E-state index contributed by atoms with van der Waals surface area (Å²) in [6, 6.07) is 15.6. The number of carbonyl (C=O) groups is 1. The summed E-state index contributed by atoms with van der Waals surface area (Å²) in [4.78, 5) is 12.5. The number of benzene rings is 2. The van der Waals surface area contributed by atoms with Crippen LogP contribution in [-0.4, -0.2) is 12.5 Å². The van der Waals surface area contributed by atoms with Gasteiger partial charge in [0, 0.05) is 5.69 Å². The Hall–Kier alpha value is -2.49. The fraction of sp³-hybridized carbons (Fsp3) is 0.381. The van der Waals surface area contributed by atoms with Crippen molar-refractivity contribution in [2.75, 3.05) is 11.9 Å². The monoisotopic (exact) mass is 338 g/mol. The Balaban J connectivity index is 1.80. The molecule has 1 unspecified atom stereocenters. The normalized spacial score (nSPS) is 19.1. The molecule has 1 atom stereocenters. The lowest BCUT2D eigenvalue weighted by Gasteiger charge is -2.40. The molecular formula is C21H26N2O2. The highest BCUT2D eigenvalue weighted by Crippen LogP contribution is 2.34. The molecule has 1 aliphatic heterocycles. The summed E-state index contributed by atoms with van der Waals surface area (Å²) >= 11 is 0. The first-order chi connectivity index (χ1) is 12.0. The number of ether oxygens (including phenoxy) is 1. The third-order valence-corrected chi connectivity index (χ3v) is 4.69. The zero-order valence-corrected chi connectivity index (χ0v) is 15.1. The van der Waals surface area contributed by atoms with Crippen LogP contribution in [0.2, 0.25) is 0 Å². The molecule has 0 bridgehead atoms. The second-order valence-electron chi connectivity index (χ2n) is 6.94. The first-order valence-electron chi connectivity index (χ1n) is 8.97. The predicted molar refractivity (Wildman–Crippen MR) is 101 cm³/mol. The van der Waals surface area contributed by atoms with Gasteiger partial charge in [-0.25, -0.2) is 0 Å².